The molecule has 1 aliphatic carbocycles. The number of piperazine rings is 1. The molecule has 0 aromatic carbocycles. The second-order valence-corrected chi connectivity index (χ2v) is 8.33. The summed E-state index contributed by atoms with van der Waals surface area (Å²) in [6, 6.07) is 6.22. The zero-order valence-electron chi connectivity index (χ0n) is 18.7. The van der Waals surface area contributed by atoms with E-state index in [0.717, 1.165) is 18.4 Å². The van der Waals surface area contributed by atoms with Crippen LogP contribution in [-0.4, -0.2) is 66.1 Å². The molecule has 9 nitrogen and oxygen atoms in total. The summed E-state index contributed by atoms with van der Waals surface area (Å²) in [6.45, 7) is 2.42. The lowest BCUT2D eigenvalue weighted by molar-refractivity contribution is -0.140. The molecule has 3 amide bonds. The van der Waals surface area contributed by atoms with Gasteiger partial charge in [-0.15, -0.1) is 0 Å². The first-order valence-corrected chi connectivity index (χ1v) is 11.0. The van der Waals surface area contributed by atoms with Gasteiger partial charge in [-0.3, -0.25) is 15.0 Å². The first-order chi connectivity index (χ1) is 16.2. The maximum Gasteiger partial charge on any atom is 0.435 e. The van der Waals surface area contributed by atoms with Crippen LogP contribution in [0.4, 0.5) is 29.5 Å². The number of nitrogens with zero attached hydrogens (tertiary/aromatic N) is 4. The van der Waals surface area contributed by atoms with Crippen molar-refractivity contribution < 1.29 is 22.8 Å². The fourth-order valence-electron chi connectivity index (χ4n) is 3.78. The molecule has 2 aromatic heterocycles. The quantitative estimate of drug-likeness (QED) is 0.591. The van der Waals surface area contributed by atoms with Crippen LogP contribution in [0.1, 0.15) is 34.6 Å². The minimum Gasteiger partial charge on any atom is -0.367 e. The highest BCUT2D eigenvalue weighted by molar-refractivity contribution is 5.92. The lowest BCUT2D eigenvalue weighted by atomic mass is 10.1. The number of nitrogens with one attached hydrogen (secondary N) is 3. The summed E-state index contributed by atoms with van der Waals surface area (Å²) < 4.78 is 40.9. The van der Waals surface area contributed by atoms with Crippen LogP contribution in [0.25, 0.3) is 0 Å². The minimum absolute atomic E-state index is 0.0307. The monoisotopic (exact) mass is 477 g/mol. The van der Waals surface area contributed by atoms with E-state index in [-0.39, 0.29) is 23.5 Å². The summed E-state index contributed by atoms with van der Waals surface area (Å²) in [4.78, 5) is 35.2. The van der Waals surface area contributed by atoms with Crippen LogP contribution in [0.3, 0.4) is 0 Å². The second kappa shape index (κ2) is 9.84. The molecule has 0 atom stereocenters. The van der Waals surface area contributed by atoms with Gasteiger partial charge in [0.15, 0.2) is 5.69 Å². The van der Waals surface area contributed by atoms with Crippen LogP contribution < -0.4 is 20.9 Å². The summed E-state index contributed by atoms with van der Waals surface area (Å²) in [7, 11) is 1.34. The van der Waals surface area contributed by atoms with E-state index in [1.807, 2.05) is 6.07 Å². The van der Waals surface area contributed by atoms with Crippen molar-refractivity contribution in [2.75, 3.05) is 43.4 Å². The topological polar surface area (TPSA) is 102 Å². The van der Waals surface area contributed by atoms with Crippen LogP contribution in [-0.2, 0) is 12.7 Å². The first kappa shape index (κ1) is 23.7. The molecular weight excluding hydrogens is 451 g/mol. The van der Waals surface area contributed by atoms with Crippen molar-refractivity contribution in [2.24, 2.45) is 0 Å². The number of rotatable bonds is 6. The molecule has 1 saturated carbocycles. The molecule has 1 aliphatic heterocycles. The molecular formula is C22H26F3N7O2. The SMILES string of the molecule is CNC(=O)c1ccc(N2CCN(Cc3ccnc(NC(=O)NC4CC4)c3)CC2)c(C(F)(F)F)n1. The average Bonchev–Trinajstić information content (AvgIpc) is 3.62. The van der Waals surface area contributed by atoms with E-state index in [0.29, 0.717) is 38.5 Å². The van der Waals surface area contributed by atoms with Crippen LogP contribution >= 0.6 is 0 Å². The highest BCUT2D eigenvalue weighted by Gasteiger charge is 2.38. The number of hydrogen-bond acceptors (Lipinski definition) is 6. The Morgan fingerprint density at radius 3 is 2.50 bits per heavy atom. The summed E-state index contributed by atoms with van der Waals surface area (Å²) in [6.07, 6.45) is -1.08. The Hall–Kier alpha value is -3.41. The highest BCUT2D eigenvalue weighted by Crippen LogP contribution is 2.35. The third-order valence-corrected chi connectivity index (χ3v) is 5.70. The number of carbonyl (C=O) groups is 2. The molecule has 182 valence electrons. The third-order valence-electron chi connectivity index (χ3n) is 5.70. The number of pyridine rings is 2. The van der Waals surface area contributed by atoms with E-state index in [1.54, 1.807) is 17.2 Å². The molecule has 2 aromatic rings. The Morgan fingerprint density at radius 2 is 1.85 bits per heavy atom. The average molecular weight is 477 g/mol. The van der Waals surface area contributed by atoms with Crippen molar-refractivity contribution in [2.45, 2.75) is 31.6 Å². The lowest BCUT2D eigenvalue weighted by Crippen LogP contribution is -2.46. The maximum absolute atomic E-state index is 13.6. The van der Waals surface area contributed by atoms with E-state index in [4.69, 9.17) is 0 Å². The van der Waals surface area contributed by atoms with Crippen molar-refractivity contribution in [1.29, 1.82) is 0 Å². The molecule has 2 aliphatic rings. The van der Waals surface area contributed by atoms with Gasteiger partial charge in [-0.1, -0.05) is 0 Å². The van der Waals surface area contributed by atoms with Gasteiger partial charge < -0.3 is 15.5 Å². The number of aromatic nitrogens is 2. The number of anilines is 2. The lowest BCUT2D eigenvalue weighted by Gasteiger charge is -2.37. The number of hydrogen-bond donors (Lipinski definition) is 3. The summed E-state index contributed by atoms with van der Waals surface area (Å²) in [5, 5.41) is 7.86. The fourth-order valence-corrected chi connectivity index (χ4v) is 3.78. The number of urea groups is 1. The first-order valence-electron chi connectivity index (χ1n) is 11.0. The van der Waals surface area contributed by atoms with Gasteiger partial charge in [0.05, 0.1) is 5.69 Å². The molecule has 4 rings (SSSR count). The van der Waals surface area contributed by atoms with Crippen molar-refractivity contribution in [1.82, 2.24) is 25.5 Å². The van der Waals surface area contributed by atoms with Crippen LogP contribution in [0.2, 0.25) is 0 Å². The Kier molecular flexibility index (Phi) is 6.87. The molecule has 0 bridgehead atoms. The van der Waals surface area contributed by atoms with Crippen molar-refractivity contribution in [3.8, 4) is 0 Å². The highest BCUT2D eigenvalue weighted by atomic mass is 19.4. The molecule has 12 heteroatoms. The van der Waals surface area contributed by atoms with Crippen LogP contribution in [0, 0.1) is 0 Å². The Morgan fingerprint density at radius 1 is 1.12 bits per heavy atom. The van der Waals surface area contributed by atoms with Crippen molar-refractivity contribution in [3.05, 3.63) is 47.4 Å². The molecule has 0 spiro atoms. The summed E-state index contributed by atoms with van der Waals surface area (Å²) in [5.74, 6) is -0.218. The van der Waals surface area contributed by atoms with E-state index >= 15 is 0 Å². The third kappa shape index (κ3) is 5.93. The molecule has 0 radical (unpaired) electrons. The predicted octanol–water partition coefficient (Wildman–Crippen LogP) is 2.46. The zero-order valence-corrected chi connectivity index (χ0v) is 18.7. The molecule has 2 fully saturated rings. The Bertz CT molecular complexity index is 1050. The number of halogens is 3. The summed E-state index contributed by atoms with van der Waals surface area (Å²) >= 11 is 0. The number of carbonyl (C=O) groups excluding carboxylic acids is 2. The van der Waals surface area contributed by atoms with Gasteiger partial charge in [0.25, 0.3) is 5.91 Å². The maximum atomic E-state index is 13.6. The molecule has 34 heavy (non-hydrogen) atoms. The van der Waals surface area contributed by atoms with Crippen LogP contribution in [0.15, 0.2) is 30.5 Å². The van der Waals surface area contributed by atoms with E-state index < -0.39 is 17.8 Å². The molecule has 1 saturated heterocycles. The van der Waals surface area contributed by atoms with Crippen molar-refractivity contribution in [3.63, 3.8) is 0 Å². The van der Waals surface area contributed by atoms with Gasteiger partial charge >= 0.3 is 12.2 Å². The van der Waals surface area contributed by atoms with Gasteiger partial charge in [-0.2, -0.15) is 13.2 Å². The van der Waals surface area contributed by atoms with Gasteiger partial charge in [-0.05, 0) is 42.7 Å². The number of alkyl halides is 3. The van der Waals surface area contributed by atoms with Gasteiger partial charge in [0.2, 0.25) is 0 Å². The molecule has 0 unspecified atom stereocenters. The zero-order chi connectivity index (χ0) is 24.3. The fraction of sp³-hybridized carbons (Fsp3) is 0.455. The second-order valence-electron chi connectivity index (χ2n) is 8.33. The van der Waals surface area contributed by atoms with E-state index in [9.17, 15) is 22.8 Å². The molecule has 3 heterocycles. The van der Waals surface area contributed by atoms with E-state index in [1.165, 1.54) is 19.2 Å². The Labute approximate surface area is 194 Å². The van der Waals surface area contributed by atoms with Crippen molar-refractivity contribution >= 4 is 23.4 Å². The number of amides is 3. The van der Waals surface area contributed by atoms with Gasteiger partial charge in [0.1, 0.15) is 11.5 Å². The smallest absolute Gasteiger partial charge is 0.367 e. The van der Waals surface area contributed by atoms with E-state index in [2.05, 4.69) is 30.8 Å². The molecule has 3 N–H and O–H groups in total. The largest absolute Gasteiger partial charge is 0.435 e. The van der Waals surface area contributed by atoms with Gasteiger partial charge in [-0.25, -0.2) is 14.8 Å². The normalized spacial score (nSPS) is 16.8. The standard InChI is InChI=1S/C22H26F3N7O2/c1-26-20(33)16-4-5-17(19(29-16)22(23,24)25)32-10-8-31(9-11-32)13-14-6-7-27-18(12-14)30-21(34)28-15-2-3-15/h4-7,12,15H,2-3,8-11,13H2,1H3,(H,26,33)(H2,27,28,30,34). The van der Waals surface area contributed by atoms with Crippen LogP contribution in [0.5, 0.6) is 0 Å². The predicted molar refractivity (Wildman–Crippen MR) is 120 cm³/mol. The summed E-state index contributed by atoms with van der Waals surface area (Å²) in [5.41, 5.74) is -0.420. The minimum atomic E-state index is -4.68. The Balaban J connectivity index is 1.37. The van der Waals surface area contributed by atoms with Gasteiger partial charge in [0, 0.05) is 52.0 Å².